The average molecular weight is 300 g/mol. The van der Waals surface area contributed by atoms with Gasteiger partial charge < -0.3 is 5.32 Å². The summed E-state index contributed by atoms with van der Waals surface area (Å²) in [5.41, 5.74) is 0.537. The number of hydrogen-bond donors (Lipinski definition) is 1. The molecule has 1 fully saturated rings. The van der Waals surface area contributed by atoms with Gasteiger partial charge in [-0.15, -0.1) is 0 Å². The van der Waals surface area contributed by atoms with E-state index in [2.05, 4.69) is 12.2 Å². The SMILES string of the molecule is CCC1CCNC(CC(=O)c2cc(Cl)ccc2Cl)C1. The van der Waals surface area contributed by atoms with Crippen LogP contribution in [-0.2, 0) is 0 Å². The monoisotopic (exact) mass is 299 g/mol. The number of piperidine rings is 1. The van der Waals surface area contributed by atoms with Crippen LogP contribution in [0, 0.1) is 5.92 Å². The highest BCUT2D eigenvalue weighted by molar-refractivity contribution is 6.35. The van der Waals surface area contributed by atoms with Crippen molar-refractivity contribution in [1.82, 2.24) is 5.32 Å². The molecule has 2 atom stereocenters. The van der Waals surface area contributed by atoms with Gasteiger partial charge in [0.15, 0.2) is 5.78 Å². The van der Waals surface area contributed by atoms with Crippen molar-refractivity contribution in [2.45, 2.75) is 38.6 Å². The molecule has 0 amide bonds. The Balaban J connectivity index is 2.02. The van der Waals surface area contributed by atoms with Gasteiger partial charge in [-0.25, -0.2) is 0 Å². The Kier molecular flexibility index (Phi) is 5.26. The first kappa shape index (κ1) is 14.8. The summed E-state index contributed by atoms with van der Waals surface area (Å²) in [5.74, 6) is 0.802. The molecular weight excluding hydrogens is 281 g/mol. The van der Waals surface area contributed by atoms with Crippen molar-refractivity contribution in [3.05, 3.63) is 33.8 Å². The van der Waals surface area contributed by atoms with E-state index in [-0.39, 0.29) is 11.8 Å². The maximum absolute atomic E-state index is 12.3. The summed E-state index contributed by atoms with van der Waals surface area (Å²) in [7, 11) is 0. The molecule has 104 valence electrons. The van der Waals surface area contributed by atoms with Gasteiger partial charge in [-0.05, 0) is 43.5 Å². The van der Waals surface area contributed by atoms with Crippen LogP contribution in [-0.4, -0.2) is 18.4 Å². The van der Waals surface area contributed by atoms with Gasteiger partial charge in [-0.1, -0.05) is 36.5 Å². The van der Waals surface area contributed by atoms with Crippen LogP contribution in [0.15, 0.2) is 18.2 Å². The quantitative estimate of drug-likeness (QED) is 0.838. The van der Waals surface area contributed by atoms with Gasteiger partial charge in [0.1, 0.15) is 0 Å². The highest BCUT2D eigenvalue weighted by Gasteiger charge is 2.23. The first-order chi connectivity index (χ1) is 9.10. The van der Waals surface area contributed by atoms with Crippen LogP contribution in [0.5, 0.6) is 0 Å². The fourth-order valence-electron chi connectivity index (χ4n) is 2.67. The molecule has 1 heterocycles. The Morgan fingerprint density at radius 3 is 2.95 bits per heavy atom. The second-order valence-electron chi connectivity index (χ2n) is 5.20. The highest BCUT2D eigenvalue weighted by atomic mass is 35.5. The van der Waals surface area contributed by atoms with Crippen LogP contribution in [0.2, 0.25) is 10.0 Å². The van der Waals surface area contributed by atoms with Crippen molar-refractivity contribution in [3.63, 3.8) is 0 Å². The van der Waals surface area contributed by atoms with E-state index in [9.17, 15) is 4.79 Å². The third-order valence-corrected chi connectivity index (χ3v) is 4.41. The normalized spacial score (nSPS) is 23.3. The van der Waals surface area contributed by atoms with Crippen molar-refractivity contribution in [1.29, 1.82) is 0 Å². The molecule has 2 nitrogen and oxygen atoms in total. The number of Topliss-reactive ketones (excluding diaryl/α,β-unsaturated/α-hetero) is 1. The molecule has 0 aliphatic carbocycles. The number of carbonyl (C=O) groups is 1. The molecule has 2 rings (SSSR count). The standard InChI is InChI=1S/C15H19Cl2NO/c1-2-10-5-6-18-12(7-10)9-15(19)13-8-11(16)3-4-14(13)17/h3-4,8,10,12,18H,2,5-7,9H2,1H3. The zero-order chi connectivity index (χ0) is 13.8. The number of halogens is 2. The summed E-state index contributed by atoms with van der Waals surface area (Å²) in [6, 6.07) is 5.31. The molecule has 1 aliphatic rings. The second-order valence-corrected chi connectivity index (χ2v) is 6.04. The molecule has 0 saturated carbocycles. The van der Waals surface area contributed by atoms with Gasteiger partial charge in [0.05, 0.1) is 5.02 Å². The lowest BCUT2D eigenvalue weighted by Gasteiger charge is -2.29. The first-order valence-electron chi connectivity index (χ1n) is 6.81. The smallest absolute Gasteiger partial charge is 0.165 e. The van der Waals surface area contributed by atoms with E-state index in [1.54, 1.807) is 18.2 Å². The average Bonchev–Trinajstić information content (AvgIpc) is 2.41. The minimum Gasteiger partial charge on any atom is -0.314 e. The number of carbonyl (C=O) groups excluding carboxylic acids is 1. The summed E-state index contributed by atoms with van der Waals surface area (Å²) < 4.78 is 0. The summed E-state index contributed by atoms with van der Waals surface area (Å²) in [5, 5.41) is 4.46. The molecule has 1 N–H and O–H groups in total. The van der Waals surface area contributed by atoms with Crippen molar-refractivity contribution in [2.24, 2.45) is 5.92 Å². The van der Waals surface area contributed by atoms with Gasteiger partial charge in [-0.2, -0.15) is 0 Å². The molecule has 19 heavy (non-hydrogen) atoms. The molecule has 2 unspecified atom stereocenters. The van der Waals surface area contributed by atoms with E-state index in [0.717, 1.165) is 18.9 Å². The maximum atomic E-state index is 12.3. The van der Waals surface area contributed by atoms with Gasteiger partial charge in [0.2, 0.25) is 0 Å². The van der Waals surface area contributed by atoms with Gasteiger partial charge in [0, 0.05) is 23.0 Å². The van der Waals surface area contributed by atoms with Crippen LogP contribution < -0.4 is 5.32 Å². The Morgan fingerprint density at radius 2 is 2.21 bits per heavy atom. The molecule has 1 saturated heterocycles. The van der Waals surface area contributed by atoms with Gasteiger partial charge in [-0.3, -0.25) is 4.79 Å². The second kappa shape index (κ2) is 6.74. The minimum atomic E-state index is 0.0711. The predicted octanol–water partition coefficient (Wildman–Crippen LogP) is 4.34. The van der Waals surface area contributed by atoms with Crippen molar-refractivity contribution in [3.8, 4) is 0 Å². The molecule has 1 aliphatic heterocycles. The predicted molar refractivity (Wildman–Crippen MR) is 80.2 cm³/mol. The maximum Gasteiger partial charge on any atom is 0.165 e. The molecule has 4 heteroatoms. The van der Waals surface area contributed by atoms with Crippen molar-refractivity contribution >= 4 is 29.0 Å². The zero-order valence-corrected chi connectivity index (χ0v) is 12.6. The number of ketones is 1. The Labute approximate surface area is 124 Å². The number of rotatable bonds is 4. The van der Waals surface area contributed by atoms with Gasteiger partial charge in [0.25, 0.3) is 0 Å². The summed E-state index contributed by atoms with van der Waals surface area (Å²) in [6.45, 7) is 3.21. The lowest BCUT2D eigenvalue weighted by Crippen LogP contribution is -2.39. The summed E-state index contributed by atoms with van der Waals surface area (Å²) in [6.07, 6.45) is 3.96. The number of hydrogen-bond acceptors (Lipinski definition) is 2. The fourth-order valence-corrected chi connectivity index (χ4v) is 3.06. The van der Waals surface area contributed by atoms with Crippen molar-refractivity contribution in [2.75, 3.05) is 6.54 Å². The van der Waals surface area contributed by atoms with E-state index < -0.39 is 0 Å². The van der Waals surface area contributed by atoms with Crippen LogP contribution in [0.4, 0.5) is 0 Å². The largest absolute Gasteiger partial charge is 0.314 e. The fraction of sp³-hybridized carbons (Fsp3) is 0.533. The van der Waals surface area contributed by atoms with E-state index in [0.29, 0.717) is 22.0 Å². The van der Waals surface area contributed by atoms with Crippen LogP contribution >= 0.6 is 23.2 Å². The molecule has 1 aromatic rings. The Bertz CT molecular complexity index is 461. The minimum absolute atomic E-state index is 0.0711. The lowest BCUT2D eigenvalue weighted by molar-refractivity contribution is 0.0957. The highest BCUT2D eigenvalue weighted by Crippen LogP contribution is 2.25. The van der Waals surface area contributed by atoms with Crippen LogP contribution in [0.3, 0.4) is 0 Å². The third-order valence-electron chi connectivity index (χ3n) is 3.84. The molecule has 0 radical (unpaired) electrons. The number of nitrogens with one attached hydrogen (secondary N) is 1. The summed E-state index contributed by atoms with van der Waals surface area (Å²) >= 11 is 12.0. The Morgan fingerprint density at radius 1 is 1.42 bits per heavy atom. The van der Waals surface area contributed by atoms with E-state index in [1.807, 2.05) is 0 Å². The summed E-state index contributed by atoms with van der Waals surface area (Å²) in [4.78, 5) is 12.3. The van der Waals surface area contributed by atoms with E-state index in [1.165, 1.54) is 12.8 Å². The first-order valence-corrected chi connectivity index (χ1v) is 7.57. The van der Waals surface area contributed by atoms with E-state index >= 15 is 0 Å². The van der Waals surface area contributed by atoms with Gasteiger partial charge >= 0.3 is 0 Å². The molecule has 1 aromatic carbocycles. The zero-order valence-electron chi connectivity index (χ0n) is 11.1. The topological polar surface area (TPSA) is 29.1 Å². The number of benzene rings is 1. The Hall–Kier alpha value is -0.570. The molecule has 0 bridgehead atoms. The molecular formula is C15H19Cl2NO. The van der Waals surface area contributed by atoms with Crippen LogP contribution in [0.1, 0.15) is 43.0 Å². The van der Waals surface area contributed by atoms with Crippen LogP contribution in [0.25, 0.3) is 0 Å². The van der Waals surface area contributed by atoms with E-state index in [4.69, 9.17) is 23.2 Å². The lowest BCUT2D eigenvalue weighted by atomic mass is 9.87. The third kappa shape index (κ3) is 3.95. The molecule has 0 aromatic heterocycles. The molecule has 0 spiro atoms. The van der Waals surface area contributed by atoms with Crippen molar-refractivity contribution < 1.29 is 4.79 Å².